The monoisotopic (exact) mass is 427 g/mol. The Morgan fingerprint density at radius 1 is 1.13 bits per heavy atom. The Labute approximate surface area is 179 Å². The first-order chi connectivity index (χ1) is 14.3. The Kier molecular flexibility index (Phi) is 6.42. The Hall–Kier alpha value is -3.32. The van der Waals surface area contributed by atoms with Crippen LogP contribution < -0.4 is 10.1 Å². The largest absolute Gasteiger partial charge is 0.495 e. The third-order valence-electron chi connectivity index (χ3n) is 4.70. The van der Waals surface area contributed by atoms with E-state index in [4.69, 9.17) is 21.1 Å². The number of anilines is 1. The van der Waals surface area contributed by atoms with Crippen LogP contribution >= 0.6 is 11.6 Å². The molecule has 0 aliphatic carbocycles. The number of esters is 1. The van der Waals surface area contributed by atoms with Crippen molar-refractivity contribution in [1.29, 1.82) is 0 Å². The van der Waals surface area contributed by atoms with Crippen molar-refractivity contribution in [3.8, 4) is 5.75 Å². The summed E-state index contributed by atoms with van der Waals surface area (Å²) in [5.41, 5.74) is 2.54. The van der Waals surface area contributed by atoms with E-state index in [1.54, 1.807) is 68.0 Å². The molecule has 0 saturated heterocycles. The zero-order valence-corrected chi connectivity index (χ0v) is 17.9. The van der Waals surface area contributed by atoms with Gasteiger partial charge in [0.1, 0.15) is 11.3 Å². The number of carbonyl (C=O) groups is 2. The van der Waals surface area contributed by atoms with E-state index in [1.807, 2.05) is 6.07 Å². The van der Waals surface area contributed by atoms with Gasteiger partial charge in [-0.25, -0.2) is 4.79 Å². The summed E-state index contributed by atoms with van der Waals surface area (Å²) in [5, 5.41) is 7.34. The molecule has 1 N–H and O–H groups in total. The molecular weight excluding hydrogens is 406 g/mol. The van der Waals surface area contributed by atoms with Crippen LogP contribution in [-0.4, -0.2) is 28.8 Å². The normalized spacial score (nSPS) is 11.6. The number of aromatic nitrogens is 2. The fourth-order valence-corrected chi connectivity index (χ4v) is 3.35. The Balaban J connectivity index is 1.88. The minimum absolute atomic E-state index is 0.346. The predicted octanol–water partition coefficient (Wildman–Crippen LogP) is 4.24. The average molecular weight is 428 g/mol. The maximum Gasteiger partial charge on any atom is 0.343 e. The molecule has 0 radical (unpaired) electrons. The molecule has 3 aromatic rings. The first kappa shape index (κ1) is 21.4. The Morgan fingerprint density at radius 3 is 2.40 bits per heavy atom. The van der Waals surface area contributed by atoms with Crippen LogP contribution in [0.1, 0.15) is 33.4 Å². The first-order valence-electron chi connectivity index (χ1n) is 9.22. The molecule has 1 heterocycles. The van der Waals surface area contributed by atoms with Gasteiger partial charge in [-0.3, -0.25) is 9.48 Å². The molecule has 0 spiro atoms. The lowest BCUT2D eigenvalue weighted by Gasteiger charge is -2.18. The molecule has 3 rings (SSSR count). The standard InChI is InChI=1S/C22H22ClN3O4/c1-13-19(14(2)26(3)25-13)22(28)30-20(15-8-6-5-7-9-15)21(27)24-16-10-11-18(29-4)17(23)12-16/h5-12,20H,1-4H3,(H,24,27). The molecule has 1 atom stereocenters. The van der Waals surface area contributed by atoms with Gasteiger partial charge in [-0.1, -0.05) is 41.9 Å². The number of nitrogens with one attached hydrogen (secondary N) is 1. The second-order valence-corrected chi connectivity index (χ2v) is 7.11. The molecule has 1 aromatic heterocycles. The summed E-state index contributed by atoms with van der Waals surface area (Å²) >= 11 is 6.14. The van der Waals surface area contributed by atoms with Crippen molar-refractivity contribution < 1.29 is 19.1 Å². The van der Waals surface area contributed by atoms with E-state index in [0.29, 0.717) is 39.0 Å². The number of benzene rings is 2. The summed E-state index contributed by atoms with van der Waals surface area (Å²) in [6.07, 6.45) is -1.15. The van der Waals surface area contributed by atoms with Crippen LogP contribution in [0.2, 0.25) is 5.02 Å². The molecule has 0 bridgehead atoms. The van der Waals surface area contributed by atoms with E-state index in [9.17, 15) is 9.59 Å². The number of nitrogens with zero attached hydrogens (tertiary/aromatic N) is 2. The van der Waals surface area contributed by atoms with E-state index < -0.39 is 18.0 Å². The third kappa shape index (κ3) is 4.46. The summed E-state index contributed by atoms with van der Waals surface area (Å²) in [4.78, 5) is 25.9. The van der Waals surface area contributed by atoms with Gasteiger partial charge in [0.25, 0.3) is 5.91 Å². The van der Waals surface area contributed by atoms with Gasteiger partial charge in [0.2, 0.25) is 6.10 Å². The van der Waals surface area contributed by atoms with Gasteiger partial charge >= 0.3 is 5.97 Å². The molecule has 8 heteroatoms. The quantitative estimate of drug-likeness (QED) is 0.595. The Bertz CT molecular complexity index is 1080. The smallest absolute Gasteiger partial charge is 0.343 e. The lowest BCUT2D eigenvalue weighted by molar-refractivity contribution is -0.125. The maximum atomic E-state index is 13.0. The summed E-state index contributed by atoms with van der Waals surface area (Å²) in [6.45, 7) is 3.49. The number of amides is 1. The van der Waals surface area contributed by atoms with E-state index in [0.717, 1.165) is 0 Å². The van der Waals surface area contributed by atoms with Crippen LogP contribution in [-0.2, 0) is 16.6 Å². The molecule has 7 nitrogen and oxygen atoms in total. The van der Waals surface area contributed by atoms with Gasteiger partial charge in [0.15, 0.2) is 0 Å². The highest BCUT2D eigenvalue weighted by Gasteiger charge is 2.28. The zero-order chi connectivity index (χ0) is 21.8. The highest BCUT2D eigenvalue weighted by molar-refractivity contribution is 6.32. The molecule has 156 valence electrons. The minimum atomic E-state index is -1.15. The second kappa shape index (κ2) is 9.00. The Morgan fingerprint density at radius 2 is 1.83 bits per heavy atom. The highest BCUT2D eigenvalue weighted by atomic mass is 35.5. The number of carbonyl (C=O) groups excluding carboxylic acids is 2. The summed E-state index contributed by atoms with van der Waals surface area (Å²) in [6, 6.07) is 13.7. The second-order valence-electron chi connectivity index (χ2n) is 6.70. The molecule has 2 aromatic carbocycles. The molecule has 30 heavy (non-hydrogen) atoms. The van der Waals surface area contributed by atoms with Crippen molar-refractivity contribution in [1.82, 2.24) is 9.78 Å². The van der Waals surface area contributed by atoms with Gasteiger partial charge in [-0.15, -0.1) is 0 Å². The van der Waals surface area contributed by atoms with Crippen molar-refractivity contribution in [3.63, 3.8) is 0 Å². The number of ether oxygens (including phenoxy) is 2. The minimum Gasteiger partial charge on any atom is -0.495 e. The average Bonchev–Trinajstić information content (AvgIpc) is 2.98. The molecule has 0 fully saturated rings. The number of hydrogen-bond donors (Lipinski definition) is 1. The van der Waals surface area contributed by atoms with Crippen LogP contribution in [0.3, 0.4) is 0 Å². The highest BCUT2D eigenvalue weighted by Crippen LogP contribution is 2.29. The third-order valence-corrected chi connectivity index (χ3v) is 4.99. The zero-order valence-electron chi connectivity index (χ0n) is 17.1. The summed E-state index contributed by atoms with van der Waals surface area (Å²) in [7, 11) is 3.25. The summed E-state index contributed by atoms with van der Waals surface area (Å²) < 4.78 is 12.4. The van der Waals surface area contributed by atoms with E-state index in [-0.39, 0.29) is 0 Å². The van der Waals surface area contributed by atoms with Crippen LogP contribution in [0.15, 0.2) is 48.5 Å². The number of rotatable bonds is 6. The van der Waals surface area contributed by atoms with Gasteiger partial charge in [0, 0.05) is 24.0 Å². The van der Waals surface area contributed by atoms with Gasteiger partial charge in [0.05, 0.1) is 17.8 Å². The summed E-state index contributed by atoms with van der Waals surface area (Å²) in [5.74, 6) is -0.631. The molecule has 1 amide bonds. The number of hydrogen-bond acceptors (Lipinski definition) is 5. The van der Waals surface area contributed by atoms with E-state index >= 15 is 0 Å². The number of aryl methyl sites for hydroxylation is 2. The van der Waals surface area contributed by atoms with Gasteiger partial charge in [-0.05, 0) is 32.0 Å². The van der Waals surface area contributed by atoms with Crippen molar-refractivity contribution in [2.75, 3.05) is 12.4 Å². The molecule has 0 aliphatic rings. The lowest BCUT2D eigenvalue weighted by atomic mass is 10.1. The maximum absolute atomic E-state index is 13.0. The molecule has 1 unspecified atom stereocenters. The van der Waals surface area contributed by atoms with Crippen LogP contribution in [0.5, 0.6) is 5.75 Å². The van der Waals surface area contributed by atoms with Gasteiger partial charge in [-0.2, -0.15) is 5.10 Å². The predicted molar refractivity (Wildman–Crippen MR) is 114 cm³/mol. The molecule has 0 saturated carbocycles. The first-order valence-corrected chi connectivity index (χ1v) is 9.60. The number of methoxy groups -OCH3 is 1. The molecular formula is C22H22ClN3O4. The van der Waals surface area contributed by atoms with E-state index in [1.165, 1.54) is 7.11 Å². The number of halogens is 1. The SMILES string of the molecule is COc1ccc(NC(=O)C(OC(=O)c2c(C)nn(C)c2C)c2ccccc2)cc1Cl. The van der Waals surface area contributed by atoms with Crippen molar-refractivity contribution >= 4 is 29.2 Å². The van der Waals surface area contributed by atoms with Crippen LogP contribution in [0.25, 0.3) is 0 Å². The lowest BCUT2D eigenvalue weighted by Crippen LogP contribution is -2.26. The van der Waals surface area contributed by atoms with Crippen LogP contribution in [0, 0.1) is 13.8 Å². The molecule has 0 aliphatic heterocycles. The fraction of sp³-hybridized carbons (Fsp3) is 0.227. The topological polar surface area (TPSA) is 82.4 Å². The van der Waals surface area contributed by atoms with E-state index in [2.05, 4.69) is 10.4 Å². The fourth-order valence-electron chi connectivity index (χ4n) is 3.09. The van der Waals surface area contributed by atoms with Gasteiger partial charge < -0.3 is 14.8 Å². The van der Waals surface area contributed by atoms with Crippen molar-refractivity contribution in [2.24, 2.45) is 7.05 Å². The van der Waals surface area contributed by atoms with Crippen molar-refractivity contribution in [3.05, 3.63) is 76.1 Å². The van der Waals surface area contributed by atoms with Crippen LogP contribution in [0.4, 0.5) is 5.69 Å². The van der Waals surface area contributed by atoms with Crippen molar-refractivity contribution in [2.45, 2.75) is 20.0 Å².